The lowest BCUT2D eigenvalue weighted by molar-refractivity contribution is -0.122. The maximum Gasteiger partial charge on any atom is 0.265 e. The van der Waals surface area contributed by atoms with Crippen molar-refractivity contribution in [2.24, 2.45) is 0 Å². The van der Waals surface area contributed by atoms with Gasteiger partial charge in [0.2, 0.25) is 0 Å². The van der Waals surface area contributed by atoms with Crippen molar-refractivity contribution < 1.29 is 14.3 Å². The highest BCUT2D eigenvalue weighted by atomic mass is 35.5. The van der Waals surface area contributed by atoms with Gasteiger partial charge in [0.1, 0.15) is 11.5 Å². The summed E-state index contributed by atoms with van der Waals surface area (Å²) in [7, 11) is 0. The van der Waals surface area contributed by atoms with E-state index in [2.05, 4.69) is 5.32 Å². The van der Waals surface area contributed by atoms with E-state index in [1.807, 2.05) is 44.2 Å². The molecular weight excluding hydrogens is 314 g/mol. The third-order valence-electron chi connectivity index (χ3n) is 3.18. The Hall–Kier alpha value is -2.20. The molecule has 122 valence electrons. The summed E-state index contributed by atoms with van der Waals surface area (Å²) in [4.78, 5) is 12.4. The minimum atomic E-state index is -0.620. The SMILES string of the molecule is CCOc1cccc(NC(=O)[C@H](CC)Oc2ccccc2Cl)c1. The molecule has 0 aliphatic rings. The summed E-state index contributed by atoms with van der Waals surface area (Å²) in [5, 5.41) is 3.33. The molecule has 0 fully saturated rings. The number of halogens is 1. The molecule has 2 rings (SSSR count). The van der Waals surface area contributed by atoms with Crippen LogP contribution in [0.1, 0.15) is 20.3 Å². The van der Waals surface area contributed by atoms with E-state index in [0.717, 1.165) is 0 Å². The quantitative estimate of drug-likeness (QED) is 0.809. The van der Waals surface area contributed by atoms with Crippen LogP contribution in [0.25, 0.3) is 0 Å². The number of carbonyl (C=O) groups is 1. The fraction of sp³-hybridized carbons (Fsp3) is 0.278. The van der Waals surface area contributed by atoms with E-state index in [1.165, 1.54) is 0 Å². The average molecular weight is 334 g/mol. The highest BCUT2D eigenvalue weighted by Crippen LogP contribution is 2.25. The molecule has 2 aromatic carbocycles. The van der Waals surface area contributed by atoms with Crippen LogP contribution in [0.15, 0.2) is 48.5 Å². The summed E-state index contributed by atoms with van der Waals surface area (Å²) in [5.74, 6) is 0.991. The van der Waals surface area contributed by atoms with Crippen LogP contribution in [0.4, 0.5) is 5.69 Å². The number of benzene rings is 2. The molecule has 0 aliphatic carbocycles. The second-order valence-corrected chi connectivity index (χ2v) is 5.30. The number of amides is 1. The summed E-state index contributed by atoms with van der Waals surface area (Å²) in [6.45, 7) is 4.37. The lowest BCUT2D eigenvalue weighted by atomic mass is 10.2. The van der Waals surface area contributed by atoms with E-state index in [0.29, 0.717) is 35.2 Å². The van der Waals surface area contributed by atoms with E-state index in [1.54, 1.807) is 18.2 Å². The molecule has 23 heavy (non-hydrogen) atoms. The van der Waals surface area contributed by atoms with Crippen molar-refractivity contribution in [2.75, 3.05) is 11.9 Å². The van der Waals surface area contributed by atoms with Gasteiger partial charge >= 0.3 is 0 Å². The van der Waals surface area contributed by atoms with Gasteiger partial charge in [-0.1, -0.05) is 36.7 Å². The van der Waals surface area contributed by atoms with Crippen molar-refractivity contribution in [1.82, 2.24) is 0 Å². The van der Waals surface area contributed by atoms with Crippen LogP contribution in [0.3, 0.4) is 0 Å². The molecule has 0 radical (unpaired) electrons. The molecule has 0 heterocycles. The Labute approximate surface area is 141 Å². The maximum absolute atomic E-state index is 12.4. The normalized spacial score (nSPS) is 11.6. The predicted octanol–water partition coefficient (Wildman–Crippen LogP) is 4.53. The molecule has 2 aromatic rings. The number of hydrogen-bond acceptors (Lipinski definition) is 3. The first-order chi connectivity index (χ1) is 11.1. The van der Waals surface area contributed by atoms with E-state index < -0.39 is 6.10 Å². The van der Waals surface area contributed by atoms with E-state index in [4.69, 9.17) is 21.1 Å². The largest absolute Gasteiger partial charge is 0.494 e. The molecule has 1 atom stereocenters. The molecule has 0 aliphatic heterocycles. The number of rotatable bonds is 7. The molecule has 5 heteroatoms. The smallest absolute Gasteiger partial charge is 0.265 e. The Morgan fingerprint density at radius 1 is 1.17 bits per heavy atom. The van der Waals surface area contributed by atoms with Crippen LogP contribution >= 0.6 is 11.6 Å². The van der Waals surface area contributed by atoms with Gasteiger partial charge in [0.05, 0.1) is 11.6 Å². The fourth-order valence-electron chi connectivity index (χ4n) is 2.07. The van der Waals surface area contributed by atoms with Crippen LogP contribution < -0.4 is 14.8 Å². The Bertz CT molecular complexity index is 660. The van der Waals surface area contributed by atoms with E-state index in [-0.39, 0.29) is 5.91 Å². The first-order valence-corrected chi connectivity index (χ1v) is 7.96. The third kappa shape index (κ3) is 4.89. The maximum atomic E-state index is 12.4. The summed E-state index contributed by atoms with van der Waals surface area (Å²) in [6, 6.07) is 14.4. The molecule has 0 bridgehead atoms. The highest BCUT2D eigenvalue weighted by molar-refractivity contribution is 6.32. The Morgan fingerprint density at radius 2 is 1.96 bits per heavy atom. The van der Waals surface area contributed by atoms with Crippen LogP contribution in [0.2, 0.25) is 5.02 Å². The zero-order chi connectivity index (χ0) is 16.7. The highest BCUT2D eigenvalue weighted by Gasteiger charge is 2.19. The lowest BCUT2D eigenvalue weighted by Gasteiger charge is -2.18. The van der Waals surface area contributed by atoms with Crippen molar-refractivity contribution in [1.29, 1.82) is 0 Å². The number of carbonyl (C=O) groups excluding carboxylic acids is 1. The summed E-state index contributed by atoms with van der Waals surface area (Å²) >= 11 is 6.07. The molecular formula is C18H20ClNO3. The second-order valence-electron chi connectivity index (χ2n) is 4.90. The van der Waals surface area contributed by atoms with Gasteiger partial charge in [-0.25, -0.2) is 0 Å². The molecule has 0 saturated carbocycles. The molecule has 1 N–H and O–H groups in total. The number of anilines is 1. The zero-order valence-corrected chi connectivity index (χ0v) is 14.0. The molecule has 1 amide bonds. The Balaban J connectivity index is 2.05. The summed E-state index contributed by atoms with van der Waals surface area (Å²) in [6.07, 6.45) is -0.0898. The molecule has 0 aromatic heterocycles. The van der Waals surface area contributed by atoms with Gasteiger partial charge in [0.15, 0.2) is 6.10 Å². The summed E-state index contributed by atoms with van der Waals surface area (Å²) in [5.41, 5.74) is 0.669. The first kappa shape index (κ1) is 17.2. The average Bonchev–Trinajstić information content (AvgIpc) is 2.54. The molecule has 4 nitrogen and oxygen atoms in total. The van der Waals surface area contributed by atoms with Crippen LogP contribution in [-0.2, 0) is 4.79 Å². The lowest BCUT2D eigenvalue weighted by Crippen LogP contribution is -2.32. The van der Waals surface area contributed by atoms with Crippen molar-refractivity contribution in [3.63, 3.8) is 0 Å². The van der Waals surface area contributed by atoms with Crippen LogP contribution in [0.5, 0.6) is 11.5 Å². The standard InChI is InChI=1S/C18H20ClNO3/c1-3-16(23-17-11-6-5-10-15(17)19)18(21)20-13-8-7-9-14(12-13)22-4-2/h5-12,16H,3-4H2,1-2H3,(H,20,21)/t16-/m0/s1. The van der Waals surface area contributed by atoms with E-state index >= 15 is 0 Å². The van der Waals surface area contributed by atoms with Crippen LogP contribution in [-0.4, -0.2) is 18.6 Å². The summed E-state index contributed by atoms with van der Waals surface area (Å²) < 4.78 is 11.2. The molecule has 0 saturated heterocycles. The number of hydrogen-bond donors (Lipinski definition) is 1. The monoisotopic (exact) mass is 333 g/mol. The second kappa shape index (κ2) is 8.44. The zero-order valence-electron chi connectivity index (χ0n) is 13.2. The molecule has 0 spiro atoms. The van der Waals surface area contributed by atoms with Crippen molar-refractivity contribution in [3.8, 4) is 11.5 Å². The first-order valence-electron chi connectivity index (χ1n) is 7.59. The van der Waals surface area contributed by atoms with Gasteiger partial charge < -0.3 is 14.8 Å². The van der Waals surface area contributed by atoms with Gasteiger partial charge in [-0.2, -0.15) is 0 Å². The van der Waals surface area contributed by atoms with Crippen molar-refractivity contribution in [3.05, 3.63) is 53.6 Å². The molecule has 0 unspecified atom stereocenters. The predicted molar refractivity (Wildman–Crippen MR) is 92.4 cm³/mol. The third-order valence-corrected chi connectivity index (χ3v) is 3.49. The van der Waals surface area contributed by atoms with Gasteiger partial charge in [-0.3, -0.25) is 4.79 Å². The minimum absolute atomic E-state index is 0.221. The number of ether oxygens (including phenoxy) is 2. The van der Waals surface area contributed by atoms with Crippen molar-refractivity contribution >= 4 is 23.2 Å². The number of para-hydroxylation sites is 1. The van der Waals surface area contributed by atoms with Crippen LogP contribution in [0, 0.1) is 0 Å². The van der Waals surface area contributed by atoms with Gasteiger partial charge in [-0.05, 0) is 37.6 Å². The van der Waals surface area contributed by atoms with Gasteiger partial charge in [-0.15, -0.1) is 0 Å². The Morgan fingerprint density at radius 3 is 2.65 bits per heavy atom. The Kier molecular flexibility index (Phi) is 6.29. The van der Waals surface area contributed by atoms with E-state index in [9.17, 15) is 4.79 Å². The topological polar surface area (TPSA) is 47.6 Å². The minimum Gasteiger partial charge on any atom is -0.494 e. The van der Waals surface area contributed by atoms with Gasteiger partial charge in [0.25, 0.3) is 5.91 Å². The van der Waals surface area contributed by atoms with Crippen molar-refractivity contribution in [2.45, 2.75) is 26.4 Å². The fourth-order valence-corrected chi connectivity index (χ4v) is 2.25. The number of nitrogens with one attached hydrogen (secondary N) is 1. The van der Waals surface area contributed by atoms with Gasteiger partial charge in [0, 0.05) is 11.8 Å².